The van der Waals surface area contributed by atoms with E-state index in [-0.39, 0.29) is 22.9 Å². The number of sulfonamides is 1. The van der Waals surface area contributed by atoms with Crippen LogP contribution in [-0.2, 0) is 16.6 Å². The number of rotatable bonds is 8. The summed E-state index contributed by atoms with van der Waals surface area (Å²) in [5.41, 5.74) is 0.634. The Bertz CT molecular complexity index is 1150. The molecule has 1 aliphatic carbocycles. The van der Waals surface area contributed by atoms with Gasteiger partial charge in [-0.05, 0) is 55.3 Å². The van der Waals surface area contributed by atoms with E-state index in [1.807, 2.05) is 4.57 Å². The predicted molar refractivity (Wildman–Crippen MR) is 110 cm³/mol. The van der Waals surface area contributed by atoms with Crippen LogP contribution in [0.5, 0.6) is 5.75 Å². The van der Waals surface area contributed by atoms with Crippen molar-refractivity contribution >= 4 is 21.6 Å². The Balaban J connectivity index is 1.45. The Morgan fingerprint density at radius 1 is 1.20 bits per heavy atom. The van der Waals surface area contributed by atoms with E-state index in [4.69, 9.17) is 4.74 Å². The molecule has 1 aromatic heterocycles. The van der Waals surface area contributed by atoms with Gasteiger partial charge in [0.25, 0.3) is 15.9 Å². The Hall–Kier alpha value is -3.40. The monoisotopic (exact) mass is 427 g/mol. The molecule has 0 unspecified atom stereocenters. The average Bonchev–Trinajstić information content (AvgIpc) is 3.50. The molecule has 156 valence electrons. The Labute approximate surface area is 174 Å². The van der Waals surface area contributed by atoms with Crippen molar-refractivity contribution in [3.63, 3.8) is 0 Å². The Morgan fingerprint density at radius 2 is 1.97 bits per heavy atom. The molecule has 4 rings (SSSR count). The molecule has 1 heterocycles. The summed E-state index contributed by atoms with van der Waals surface area (Å²) >= 11 is 0. The standard InChI is InChI=1S/C20H21N5O4S/c1-29-17-9-5-15(6-10-17)24-30(27,28)18-4-2-3-14(11-18)20(26)21-12-19-23-22-13-25(19)16-7-8-16/h2-6,9-11,13,16,24H,7-8,12H2,1H3,(H,21,26). The van der Waals surface area contributed by atoms with Crippen LogP contribution in [0.2, 0.25) is 0 Å². The van der Waals surface area contributed by atoms with E-state index < -0.39 is 10.0 Å². The van der Waals surface area contributed by atoms with Gasteiger partial charge in [0.2, 0.25) is 0 Å². The first-order chi connectivity index (χ1) is 14.5. The first-order valence-electron chi connectivity index (χ1n) is 9.40. The van der Waals surface area contributed by atoms with Crippen LogP contribution in [-0.4, -0.2) is 36.2 Å². The van der Waals surface area contributed by atoms with Crippen molar-refractivity contribution in [3.05, 3.63) is 66.2 Å². The highest BCUT2D eigenvalue weighted by molar-refractivity contribution is 7.92. The topological polar surface area (TPSA) is 115 Å². The maximum atomic E-state index is 12.7. The molecule has 1 aliphatic rings. The van der Waals surface area contributed by atoms with Crippen molar-refractivity contribution in [3.8, 4) is 5.75 Å². The number of anilines is 1. The molecular weight excluding hydrogens is 406 g/mol. The van der Waals surface area contributed by atoms with Gasteiger partial charge in [-0.2, -0.15) is 0 Å². The summed E-state index contributed by atoms with van der Waals surface area (Å²) in [7, 11) is -2.32. The van der Waals surface area contributed by atoms with Gasteiger partial charge in [0.05, 0.1) is 18.6 Å². The average molecular weight is 427 g/mol. The van der Waals surface area contributed by atoms with E-state index in [1.54, 1.807) is 36.7 Å². The van der Waals surface area contributed by atoms with Crippen molar-refractivity contribution in [2.45, 2.75) is 30.3 Å². The van der Waals surface area contributed by atoms with Crippen LogP contribution in [0.4, 0.5) is 5.69 Å². The molecular formula is C20H21N5O4S. The number of aromatic nitrogens is 3. The molecule has 0 atom stereocenters. The number of carbonyl (C=O) groups is 1. The van der Waals surface area contributed by atoms with Crippen LogP contribution in [0.3, 0.4) is 0 Å². The lowest BCUT2D eigenvalue weighted by Gasteiger charge is -2.10. The Morgan fingerprint density at radius 3 is 2.67 bits per heavy atom. The number of nitrogens with zero attached hydrogens (tertiary/aromatic N) is 3. The second-order valence-corrected chi connectivity index (χ2v) is 8.61. The fraction of sp³-hybridized carbons (Fsp3) is 0.250. The molecule has 1 saturated carbocycles. The predicted octanol–water partition coefficient (Wildman–Crippen LogP) is 2.35. The molecule has 0 spiro atoms. The van der Waals surface area contributed by atoms with Crippen LogP contribution in [0.1, 0.15) is 35.1 Å². The number of hydrogen-bond acceptors (Lipinski definition) is 6. The fourth-order valence-corrected chi connectivity index (χ4v) is 4.09. The lowest BCUT2D eigenvalue weighted by molar-refractivity contribution is 0.0949. The van der Waals surface area contributed by atoms with Gasteiger partial charge in [-0.1, -0.05) is 6.07 Å². The van der Waals surface area contributed by atoms with E-state index in [1.165, 1.54) is 25.3 Å². The largest absolute Gasteiger partial charge is 0.497 e. The van der Waals surface area contributed by atoms with Crippen molar-refractivity contribution in [2.75, 3.05) is 11.8 Å². The lowest BCUT2D eigenvalue weighted by atomic mass is 10.2. The van der Waals surface area contributed by atoms with E-state index in [9.17, 15) is 13.2 Å². The molecule has 10 heteroatoms. The number of benzene rings is 2. The molecule has 2 aromatic carbocycles. The molecule has 0 aliphatic heterocycles. The van der Waals surface area contributed by atoms with Crippen LogP contribution >= 0.6 is 0 Å². The smallest absolute Gasteiger partial charge is 0.261 e. The minimum atomic E-state index is -3.85. The fourth-order valence-electron chi connectivity index (χ4n) is 2.99. The molecule has 1 fully saturated rings. The molecule has 2 N–H and O–H groups in total. The van der Waals surface area contributed by atoms with E-state index in [2.05, 4.69) is 20.2 Å². The summed E-state index contributed by atoms with van der Waals surface area (Å²) in [4.78, 5) is 12.5. The highest BCUT2D eigenvalue weighted by atomic mass is 32.2. The minimum absolute atomic E-state index is 0.00730. The first kappa shape index (κ1) is 19.9. The van der Waals surface area contributed by atoms with Crippen LogP contribution < -0.4 is 14.8 Å². The highest BCUT2D eigenvalue weighted by Crippen LogP contribution is 2.35. The van der Waals surface area contributed by atoms with Crippen LogP contribution in [0.25, 0.3) is 0 Å². The maximum absolute atomic E-state index is 12.7. The second kappa shape index (κ2) is 8.15. The SMILES string of the molecule is COc1ccc(NS(=O)(=O)c2cccc(C(=O)NCc3nncn3C3CC3)c2)cc1. The number of hydrogen-bond donors (Lipinski definition) is 2. The Kier molecular flexibility index (Phi) is 5.40. The van der Waals surface area contributed by atoms with Gasteiger partial charge < -0.3 is 14.6 Å². The van der Waals surface area contributed by atoms with Crippen molar-refractivity contribution in [1.82, 2.24) is 20.1 Å². The van der Waals surface area contributed by atoms with Gasteiger partial charge in [-0.25, -0.2) is 8.42 Å². The summed E-state index contributed by atoms with van der Waals surface area (Å²) in [6, 6.07) is 12.8. The molecule has 0 radical (unpaired) electrons. The minimum Gasteiger partial charge on any atom is -0.497 e. The first-order valence-corrected chi connectivity index (χ1v) is 10.9. The quantitative estimate of drug-likeness (QED) is 0.570. The number of carbonyl (C=O) groups excluding carboxylic acids is 1. The number of nitrogens with one attached hydrogen (secondary N) is 2. The van der Waals surface area contributed by atoms with Gasteiger partial charge in [0.1, 0.15) is 12.1 Å². The second-order valence-electron chi connectivity index (χ2n) is 6.93. The summed E-state index contributed by atoms with van der Waals surface area (Å²) in [5, 5.41) is 10.7. The van der Waals surface area contributed by atoms with Gasteiger partial charge in [0, 0.05) is 17.3 Å². The molecule has 0 saturated heterocycles. The van der Waals surface area contributed by atoms with Gasteiger partial charge in [-0.15, -0.1) is 10.2 Å². The van der Waals surface area contributed by atoms with Crippen molar-refractivity contribution < 1.29 is 17.9 Å². The molecule has 3 aromatic rings. The molecule has 0 bridgehead atoms. The zero-order chi connectivity index (χ0) is 21.1. The van der Waals surface area contributed by atoms with Crippen LogP contribution in [0, 0.1) is 0 Å². The molecule has 9 nitrogen and oxygen atoms in total. The normalized spacial score (nSPS) is 13.6. The third-order valence-electron chi connectivity index (χ3n) is 4.74. The number of amides is 1. The summed E-state index contributed by atoms with van der Waals surface area (Å²) in [6.07, 6.45) is 3.83. The molecule has 30 heavy (non-hydrogen) atoms. The van der Waals surface area contributed by atoms with Gasteiger partial charge in [-0.3, -0.25) is 9.52 Å². The lowest BCUT2D eigenvalue weighted by Crippen LogP contribution is -2.25. The van der Waals surface area contributed by atoms with E-state index >= 15 is 0 Å². The summed E-state index contributed by atoms with van der Waals surface area (Å²) in [6.45, 7) is 0.219. The van der Waals surface area contributed by atoms with Crippen molar-refractivity contribution in [2.24, 2.45) is 0 Å². The zero-order valence-electron chi connectivity index (χ0n) is 16.3. The molecule has 1 amide bonds. The van der Waals surface area contributed by atoms with E-state index in [0.717, 1.165) is 12.8 Å². The van der Waals surface area contributed by atoms with E-state index in [0.29, 0.717) is 23.3 Å². The highest BCUT2D eigenvalue weighted by Gasteiger charge is 2.26. The maximum Gasteiger partial charge on any atom is 0.261 e. The van der Waals surface area contributed by atoms with Gasteiger partial charge >= 0.3 is 0 Å². The third-order valence-corrected chi connectivity index (χ3v) is 6.12. The number of ether oxygens (including phenoxy) is 1. The van der Waals surface area contributed by atoms with Crippen LogP contribution in [0.15, 0.2) is 59.8 Å². The summed E-state index contributed by atoms with van der Waals surface area (Å²) in [5.74, 6) is 0.909. The summed E-state index contributed by atoms with van der Waals surface area (Å²) < 4.78 is 34.9. The van der Waals surface area contributed by atoms with Gasteiger partial charge in [0.15, 0.2) is 5.82 Å². The number of methoxy groups -OCH3 is 1. The zero-order valence-corrected chi connectivity index (χ0v) is 17.1. The van der Waals surface area contributed by atoms with Crippen molar-refractivity contribution in [1.29, 1.82) is 0 Å². The third kappa shape index (κ3) is 4.43.